The molecule has 0 bridgehead atoms. The first kappa shape index (κ1) is 17.5. The van der Waals surface area contributed by atoms with Crippen LogP contribution in [-0.2, 0) is 0 Å². The molecule has 140 valence electrons. The molecule has 3 aromatic rings. The van der Waals surface area contributed by atoms with Crippen molar-refractivity contribution in [2.45, 2.75) is 0 Å². The molecule has 2 aromatic heterocycles. The summed E-state index contributed by atoms with van der Waals surface area (Å²) in [6.07, 6.45) is 3.20. The van der Waals surface area contributed by atoms with Crippen molar-refractivity contribution in [1.82, 2.24) is 14.9 Å². The summed E-state index contributed by atoms with van der Waals surface area (Å²) >= 11 is 0. The summed E-state index contributed by atoms with van der Waals surface area (Å²) in [7, 11) is 0. The number of piperazine rings is 1. The van der Waals surface area contributed by atoms with E-state index in [9.17, 15) is 4.79 Å². The maximum absolute atomic E-state index is 12.4. The zero-order valence-corrected chi connectivity index (χ0v) is 15.1. The zero-order chi connectivity index (χ0) is 19.3. The van der Waals surface area contributed by atoms with Gasteiger partial charge in [0, 0.05) is 38.1 Å². The lowest BCUT2D eigenvalue weighted by atomic mass is 10.2. The Kier molecular flexibility index (Phi) is 4.89. The molecule has 0 atom stereocenters. The fraction of sp³-hybridized carbons (Fsp3) is 0.200. The minimum atomic E-state index is -0.0907. The fourth-order valence-electron chi connectivity index (χ4n) is 3.08. The van der Waals surface area contributed by atoms with Crippen molar-refractivity contribution in [2.24, 2.45) is 0 Å². The van der Waals surface area contributed by atoms with E-state index in [0.29, 0.717) is 43.5 Å². The zero-order valence-electron chi connectivity index (χ0n) is 15.1. The minimum absolute atomic E-state index is 0.0907. The summed E-state index contributed by atoms with van der Waals surface area (Å²) in [5, 5.41) is 12.1. The average Bonchev–Trinajstić information content (AvgIpc) is 3.29. The first-order valence-electron chi connectivity index (χ1n) is 8.91. The van der Waals surface area contributed by atoms with Gasteiger partial charge in [0.2, 0.25) is 5.95 Å². The standard InChI is InChI=1S/C20H18N6O2/c21-14-15-3-1-4-16(13-15)23-20-22-7-6-18(24-20)25-8-10-26(11-9-25)19(27)17-5-2-12-28-17/h1-7,12-13H,8-11H2,(H,22,23,24). The Labute approximate surface area is 162 Å². The summed E-state index contributed by atoms with van der Waals surface area (Å²) in [6, 6.07) is 14.5. The summed E-state index contributed by atoms with van der Waals surface area (Å²) < 4.78 is 5.19. The number of anilines is 3. The van der Waals surface area contributed by atoms with Crippen LogP contribution in [0.2, 0.25) is 0 Å². The molecule has 0 saturated carbocycles. The van der Waals surface area contributed by atoms with E-state index >= 15 is 0 Å². The van der Waals surface area contributed by atoms with Crippen LogP contribution >= 0.6 is 0 Å². The number of aromatic nitrogens is 2. The molecular weight excluding hydrogens is 356 g/mol. The van der Waals surface area contributed by atoms with Crippen molar-refractivity contribution >= 4 is 23.4 Å². The first-order valence-corrected chi connectivity index (χ1v) is 8.91. The highest BCUT2D eigenvalue weighted by Crippen LogP contribution is 2.19. The van der Waals surface area contributed by atoms with Gasteiger partial charge < -0.3 is 19.5 Å². The molecule has 1 aliphatic heterocycles. The molecular formula is C20H18N6O2. The molecule has 4 rings (SSSR count). The van der Waals surface area contributed by atoms with Gasteiger partial charge in [-0.15, -0.1) is 0 Å². The van der Waals surface area contributed by atoms with Gasteiger partial charge >= 0.3 is 0 Å². The Morgan fingerprint density at radius 1 is 1.14 bits per heavy atom. The summed E-state index contributed by atoms with van der Waals surface area (Å²) in [5.41, 5.74) is 1.32. The number of nitrogens with one attached hydrogen (secondary N) is 1. The molecule has 8 nitrogen and oxygen atoms in total. The highest BCUT2D eigenvalue weighted by molar-refractivity contribution is 5.91. The molecule has 0 aliphatic carbocycles. The SMILES string of the molecule is N#Cc1cccc(Nc2nccc(N3CCN(C(=O)c4ccco4)CC3)n2)c1. The first-order chi connectivity index (χ1) is 13.7. The van der Waals surface area contributed by atoms with Crippen LogP contribution in [0.4, 0.5) is 17.5 Å². The lowest BCUT2D eigenvalue weighted by molar-refractivity contribution is 0.0714. The van der Waals surface area contributed by atoms with E-state index < -0.39 is 0 Å². The minimum Gasteiger partial charge on any atom is -0.459 e. The number of carbonyl (C=O) groups excluding carboxylic acids is 1. The molecule has 1 saturated heterocycles. The molecule has 0 unspecified atom stereocenters. The molecule has 28 heavy (non-hydrogen) atoms. The number of benzene rings is 1. The monoisotopic (exact) mass is 374 g/mol. The molecule has 0 radical (unpaired) electrons. The van der Waals surface area contributed by atoms with Crippen LogP contribution in [0.25, 0.3) is 0 Å². The van der Waals surface area contributed by atoms with E-state index in [-0.39, 0.29) is 5.91 Å². The van der Waals surface area contributed by atoms with Crippen LogP contribution in [-0.4, -0.2) is 47.0 Å². The number of amides is 1. The molecule has 1 aliphatic rings. The summed E-state index contributed by atoms with van der Waals surface area (Å²) in [5.74, 6) is 1.52. The number of carbonyl (C=O) groups is 1. The van der Waals surface area contributed by atoms with Gasteiger partial charge in [-0.1, -0.05) is 6.07 Å². The topological polar surface area (TPSA) is 98.3 Å². The molecule has 1 fully saturated rings. The largest absolute Gasteiger partial charge is 0.459 e. The van der Waals surface area contributed by atoms with Gasteiger partial charge in [-0.05, 0) is 36.4 Å². The molecule has 1 aromatic carbocycles. The molecule has 8 heteroatoms. The number of nitrogens with zero attached hydrogens (tertiary/aromatic N) is 5. The molecule has 0 spiro atoms. The highest BCUT2D eigenvalue weighted by atomic mass is 16.3. The Morgan fingerprint density at radius 2 is 2.00 bits per heavy atom. The average molecular weight is 374 g/mol. The van der Waals surface area contributed by atoms with Gasteiger partial charge in [0.1, 0.15) is 5.82 Å². The second kappa shape index (κ2) is 7.80. The van der Waals surface area contributed by atoms with Crippen LogP contribution in [0.15, 0.2) is 59.3 Å². The second-order valence-corrected chi connectivity index (χ2v) is 6.31. The van der Waals surface area contributed by atoms with Crippen molar-refractivity contribution < 1.29 is 9.21 Å². The maximum Gasteiger partial charge on any atom is 0.289 e. The smallest absolute Gasteiger partial charge is 0.289 e. The highest BCUT2D eigenvalue weighted by Gasteiger charge is 2.24. The third-order valence-corrected chi connectivity index (χ3v) is 4.51. The van der Waals surface area contributed by atoms with Crippen molar-refractivity contribution in [3.8, 4) is 6.07 Å². The van der Waals surface area contributed by atoms with Crippen molar-refractivity contribution in [3.63, 3.8) is 0 Å². The van der Waals surface area contributed by atoms with Gasteiger partial charge in [0.15, 0.2) is 5.76 Å². The van der Waals surface area contributed by atoms with Gasteiger partial charge in [-0.25, -0.2) is 4.98 Å². The van der Waals surface area contributed by atoms with Crippen molar-refractivity contribution in [2.75, 3.05) is 36.4 Å². The second-order valence-electron chi connectivity index (χ2n) is 6.31. The third kappa shape index (κ3) is 3.78. The normalized spacial score (nSPS) is 13.8. The number of hydrogen-bond donors (Lipinski definition) is 1. The Balaban J connectivity index is 1.41. The number of nitriles is 1. The van der Waals surface area contributed by atoms with Crippen LogP contribution in [0, 0.1) is 11.3 Å². The van der Waals surface area contributed by atoms with E-state index in [1.165, 1.54) is 6.26 Å². The molecule has 3 heterocycles. The number of furan rings is 1. The Bertz CT molecular complexity index is 1000. The maximum atomic E-state index is 12.4. The summed E-state index contributed by atoms with van der Waals surface area (Å²) in [4.78, 5) is 25.1. The van der Waals surface area contributed by atoms with Crippen LogP contribution < -0.4 is 10.2 Å². The van der Waals surface area contributed by atoms with Gasteiger partial charge in [0.25, 0.3) is 5.91 Å². The van der Waals surface area contributed by atoms with Crippen molar-refractivity contribution in [3.05, 3.63) is 66.2 Å². The lowest BCUT2D eigenvalue weighted by Gasteiger charge is -2.35. The van der Waals surface area contributed by atoms with Crippen LogP contribution in [0.5, 0.6) is 0 Å². The summed E-state index contributed by atoms with van der Waals surface area (Å²) in [6.45, 7) is 2.53. The number of rotatable bonds is 4. The van der Waals surface area contributed by atoms with E-state index in [1.807, 2.05) is 12.1 Å². The van der Waals surface area contributed by atoms with Crippen LogP contribution in [0.3, 0.4) is 0 Å². The lowest BCUT2D eigenvalue weighted by Crippen LogP contribution is -2.49. The van der Waals surface area contributed by atoms with E-state index in [0.717, 1.165) is 11.5 Å². The molecule has 1 amide bonds. The van der Waals surface area contributed by atoms with Crippen LogP contribution in [0.1, 0.15) is 16.1 Å². The van der Waals surface area contributed by atoms with E-state index in [2.05, 4.69) is 26.3 Å². The molecule has 1 N–H and O–H groups in total. The van der Waals surface area contributed by atoms with Gasteiger partial charge in [0.05, 0.1) is 17.9 Å². The Morgan fingerprint density at radius 3 is 2.75 bits per heavy atom. The van der Waals surface area contributed by atoms with Gasteiger partial charge in [-0.3, -0.25) is 4.79 Å². The quantitative estimate of drug-likeness (QED) is 0.749. The van der Waals surface area contributed by atoms with E-state index in [4.69, 9.17) is 9.68 Å². The predicted molar refractivity (Wildman–Crippen MR) is 103 cm³/mol. The third-order valence-electron chi connectivity index (χ3n) is 4.51. The van der Waals surface area contributed by atoms with Crippen molar-refractivity contribution in [1.29, 1.82) is 5.26 Å². The van der Waals surface area contributed by atoms with Gasteiger partial charge in [-0.2, -0.15) is 10.2 Å². The number of hydrogen-bond acceptors (Lipinski definition) is 7. The Hall–Kier alpha value is -3.86. The predicted octanol–water partition coefficient (Wildman–Crippen LogP) is 2.65. The van der Waals surface area contributed by atoms with E-state index in [1.54, 1.807) is 41.4 Å². The fourth-order valence-corrected chi connectivity index (χ4v) is 3.08.